The summed E-state index contributed by atoms with van der Waals surface area (Å²) in [6, 6.07) is 19.7. The van der Waals surface area contributed by atoms with Crippen molar-refractivity contribution < 1.29 is 19.1 Å². The molecule has 1 aliphatic rings. The lowest BCUT2D eigenvalue weighted by atomic mass is 10.1. The van der Waals surface area contributed by atoms with E-state index in [1.807, 2.05) is 41.3 Å². The molecule has 7 nitrogen and oxygen atoms in total. The van der Waals surface area contributed by atoms with Gasteiger partial charge in [0, 0.05) is 42.8 Å². The fraction of sp³-hybridized carbons (Fsp3) is 0.231. The number of methoxy groups -OCH3 is 2. The van der Waals surface area contributed by atoms with Gasteiger partial charge in [0.1, 0.15) is 11.5 Å². The van der Waals surface area contributed by atoms with Gasteiger partial charge in [-0.05, 0) is 42.5 Å². The van der Waals surface area contributed by atoms with Crippen LogP contribution in [0.3, 0.4) is 0 Å². The first-order valence-corrected chi connectivity index (χ1v) is 11.3. The van der Waals surface area contributed by atoms with Crippen LogP contribution in [0.4, 0.5) is 11.4 Å². The second kappa shape index (κ2) is 10.5. The van der Waals surface area contributed by atoms with E-state index in [1.165, 1.54) is 7.11 Å². The number of anilines is 2. The SMILES string of the molecule is COc1ccc(C(=O)Nc2cc(Cl)ccc2N2CCN(C(=O)c3ccccc3)CC2)c(OC)c1. The molecule has 1 fully saturated rings. The molecule has 0 spiro atoms. The second-order valence-electron chi connectivity index (χ2n) is 7.83. The largest absolute Gasteiger partial charge is 0.497 e. The standard InChI is InChI=1S/C26H26ClN3O4/c1-33-20-9-10-21(24(17-20)34-2)25(31)28-22-16-19(27)8-11-23(22)29-12-14-30(15-13-29)26(32)18-6-4-3-5-7-18/h3-11,16-17H,12-15H2,1-2H3,(H,28,31). The lowest BCUT2D eigenvalue weighted by molar-refractivity contribution is 0.0746. The number of halogens is 1. The van der Waals surface area contributed by atoms with E-state index < -0.39 is 0 Å². The van der Waals surface area contributed by atoms with Gasteiger partial charge < -0.3 is 24.6 Å². The number of amides is 2. The molecule has 0 radical (unpaired) electrons. The van der Waals surface area contributed by atoms with E-state index in [0.29, 0.717) is 59.5 Å². The molecule has 3 aromatic rings. The van der Waals surface area contributed by atoms with Gasteiger partial charge in [0.25, 0.3) is 11.8 Å². The van der Waals surface area contributed by atoms with Crippen LogP contribution in [0.1, 0.15) is 20.7 Å². The average Bonchev–Trinajstić information content (AvgIpc) is 2.88. The molecule has 0 bridgehead atoms. The number of piperazine rings is 1. The van der Waals surface area contributed by atoms with Gasteiger partial charge in [0.05, 0.1) is 31.2 Å². The Kier molecular flexibility index (Phi) is 7.23. The van der Waals surface area contributed by atoms with Gasteiger partial charge in [-0.15, -0.1) is 0 Å². The Hall–Kier alpha value is -3.71. The molecule has 1 heterocycles. The van der Waals surface area contributed by atoms with Crippen LogP contribution in [0, 0.1) is 0 Å². The van der Waals surface area contributed by atoms with Crippen LogP contribution < -0.4 is 19.7 Å². The molecule has 8 heteroatoms. The van der Waals surface area contributed by atoms with Crippen molar-refractivity contribution >= 4 is 34.8 Å². The molecule has 0 saturated carbocycles. The Bertz CT molecular complexity index is 1180. The number of carbonyl (C=O) groups excluding carboxylic acids is 2. The van der Waals surface area contributed by atoms with E-state index in [2.05, 4.69) is 10.2 Å². The summed E-state index contributed by atoms with van der Waals surface area (Å²) >= 11 is 6.25. The van der Waals surface area contributed by atoms with Crippen LogP contribution in [0.2, 0.25) is 5.02 Å². The first-order valence-electron chi connectivity index (χ1n) is 10.9. The quantitative estimate of drug-likeness (QED) is 0.560. The number of carbonyl (C=O) groups is 2. The van der Waals surface area contributed by atoms with Crippen LogP contribution in [-0.4, -0.2) is 57.1 Å². The molecular formula is C26H26ClN3O4. The summed E-state index contributed by atoms with van der Waals surface area (Å²) in [6.07, 6.45) is 0. The van der Waals surface area contributed by atoms with E-state index in [1.54, 1.807) is 37.4 Å². The minimum absolute atomic E-state index is 0.0245. The zero-order valence-corrected chi connectivity index (χ0v) is 19.8. The Morgan fingerprint density at radius 2 is 1.62 bits per heavy atom. The Morgan fingerprint density at radius 1 is 0.882 bits per heavy atom. The highest BCUT2D eigenvalue weighted by molar-refractivity contribution is 6.31. The summed E-state index contributed by atoms with van der Waals surface area (Å²) in [5.41, 5.74) is 2.51. The van der Waals surface area contributed by atoms with Crippen molar-refractivity contribution in [2.75, 3.05) is 50.6 Å². The molecule has 0 aliphatic carbocycles. The van der Waals surface area contributed by atoms with Gasteiger partial charge in [0.15, 0.2) is 0 Å². The third kappa shape index (κ3) is 5.10. The van der Waals surface area contributed by atoms with E-state index in [9.17, 15) is 9.59 Å². The number of benzene rings is 3. The molecule has 3 aromatic carbocycles. The summed E-state index contributed by atoms with van der Waals surface area (Å²) in [5.74, 6) is 0.714. The molecule has 1 N–H and O–H groups in total. The first-order chi connectivity index (χ1) is 16.5. The summed E-state index contributed by atoms with van der Waals surface area (Å²) in [6.45, 7) is 2.43. The Labute approximate surface area is 203 Å². The van der Waals surface area contributed by atoms with Gasteiger partial charge in [-0.1, -0.05) is 29.8 Å². The minimum atomic E-state index is -0.319. The molecule has 0 aromatic heterocycles. The maximum atomic E-state index is 13.1. The molecule has 176 valence electrons. The van der Waals surface area contributed by atoms with Crippen LogP contribution in [0.5, 0.6) is 11.5 Å². The van der Waals surface area contributed by atoms with Gasteiger partial charge in [-0.3, -0.25) is 9.59 Å². The number of rotatable bonds is 6. The number of nitrogens with zero attached hydrogens (tertiary/aromatic N) is 2. The van der Waals surface area contributed by atoms with Crippen molar-refractivity contribution in [1.29, 1.82) is 0 Å². The number of nitrogens with one attached hydrogen (secondary N) is 1. The van der Waals surface area contributed by atoms with Crippen molar-refractivity contribution in [1.82, 2.24) is 4.90 Å². The van der Waals surface area contributed by atoms with Crippen LogP contribution in [0.25, 0.3) is 0 Å². The normalized spacial score (nSPS) is 13.4. The predicted octanol–water partition coefficient (Wildman–Crippen LogP) is 4.57. The zero-order valence-electron chi connectivity index (χ0n) is 19.1. The Balaban J connectivity index is 1.50. The topological polar surface area (TPSA) is 71.1 Å². The summed E-state index contributed by atoms with van der Waals surface area (Å²) in [4.78, 5) is 29.9. The monoisotopic (exact) mass is 479 g/mol. The predicted molar refractivity (Wildman–Crippen MR) is 134 cm³/mol. The highest BCUT2D eigenvalue weighted by Crippen LogP contribution is 2.32. The number of hydrogen-bond donors (Lipinski definition) is 1. The maximum absolute atomic E-state index is 13.1. The van der Waals surface area contributed by atoms with Crippen LogP contribution in [-0.2, 0) is 0 Å². The average molecular weight is 480 g/mol. The summed E-state index contributed by atoms with van der Waals surface area (Å²) < 4.78 is 10.6. The smallest absolute Gasteiger partial charge is 0.259 e. The second-order valence-corrected chi connectivity index (χ2v) is 8.26. The molecule has 0 atom stereocenters. The lowest BCUT2D eigenvalue weighted by Gasteiger charge is -2.37. The lowest BCUT2D eigenvalue weighted by Crippen LogP contribution is -2.49. The van der Waals surface area contributed by atoms with Crippen molar-refractivity contribution in [2.45, 2.75) is 0 Å². The fourth-order valence-electron chi connectivity index (χ4n) is 3.97. The third-order valence-electron chi connectivity index (χ3n) is 5.79. The van der Waals surface area contributed by atoms with E-state index in [4.69, 9.17) is 21.1 Å². The third-order valence-corrected chi connectivity index (χ3v) is 6.02. The van der Waals surface area contributed by atoms with Gasteiger partial charge in [-0.25, -0.2) is 0 Å². The number of ether oxygens (including phenoxy) is 2. The molecule has 0 unspecified atom stereocenters. The van der Waals surface area contributed by atoms with Gasteiger partial charge >= 0.3 is 0 Å². The molecule has 1 aliphatic heterocycles. The minimum Gasteiger partial charge on any atom is -0.497 e. The van der Waals surface area contributed by atoms with Crippen molar-refractivity contribution in [3.05, 3.63) is 82.9 Å². The molecule has 34 heavy (non-hydrogen) atoms. The van der Waals surface area contributed by atoms with Crippen LogP contribution in [0.15, 0.2) is 66.7 Å². The number of hydrogen-bond acceptors (Lipinski definition) is 5. The van der Waals surface area contributed by atoms with Crippen molar-refractivity contribution in [2.24, 2.45) is 0 Å². The molecule has 1 saturated heterocycles. The van der Waals surface area contributed by atoms with E-state index >= 15 is 0 Å². The van der Waals surface area contributed by atoms with Crippen LogP contribution >= 0.6 is 11.6 Å². The molecule has 2 amide bonds. The fourth-order valence-corrected chi connectivity index (χ4v) is 4.15. The zero-order chi connectivity index (χ0) is 24.1. The van der Waals surface area contributed by atoms with Crippen molar-refractivity contribution in [3.8, 4) is 11.5 Å². The van der Waals surface area contributed by atoms with E-state index in [0.717, 1.165) is 5.69 Å². The highest BCUT2D eigenvalue weighted by atomic mass is 35.5. The van der Waals surface area contributed by atoms with E-state index in [-0.39, 0.29) is 11.8 Å². The van der Waals surface area contributed by atoms with Gasteiger partial charge in [0.2, 0.25) is 0 Å². The summed E-state index contributed by atoms with van der Waals surface area (Å²) in [7, 11) is 3.06. The Morgan fingerprint density at radius 3 is 2.29 bits per heavy atom. The van der Waals surface area contributed by atoms with Gasteiger partial charge in [-0.2, -0.15) is 0 Å². The maximum Gasteiger partial charge on any atom is 0.259 e. The molecular weight excluding hydrogens is 454 g/mol. The highest BCUT2D eigenvalue weighted by Gasteiger charge is 2.24. The first kappa shape index (κ1) is 23.4. The molecule has 4 rings (SSSR count). The summed E-state index contributed by atoms with van der Waals surface area (Å²) in [5, 5.41) is 3.48. The van der Waals surface area contributed by atoms with Crippen molar-refractivity contribution in [3.63, 3.8) is 0 Å².